The number of carbonyl (C=O) groups is 2. The molecule has 2 rings (SSSR count). The fourth-order valence-corrected chi connectivity index (χ4v) is 2.29. The number of anilines is 1. The van der Waals surface area contributed by atoms with E-state index >= 15 is 0 Å². The van der Waals surface area contributed by atoms with Gasteiger partial charge in [-0.15, -0.1) is 0 Å². The zero-order chi connectivity index (χ0) is 19.5. The third-order valence-corrected chi connectivity index (χ3v) is 3.53. The Hall–Kier alpha value is -3.02. The van der Waals surface area contributed by atoms with Gasteiger partial charge in [0.2, 0.25) is 5.91 Å². The first-order valence-electron chi connectivity index (χ1n) is 8.94. The highest BCUT2D eigenvalue weighted by atomic mass is 16.6. The summed E-state index contributed by atoms with van der Waals surface area (Å²) in [6.07, 6.45) is 1.13. The minimum absolute atomic E-state index is 0.134. The minimum atomic E-state index is -0.325. The maximum absolute atomic E-state index is 11.9. The molecule has 0 saturated heterocycles. The van der Waals surface area contributed by atoms with E-state index in [1.54, 1.807) is 24.3 Å². The van der Waals surface area contributed by atoms with Crippen LogP contribution in [0.4, 0.5) is 5.69 Å². The number of rotatable bonds is 10. The largest absolute Gasteiger partial charge is 0.494 e. The van der Waals surface area contributed by atoms with Crippen molar-refractivity contribution < 1.29 is 23.8 Å². The van der Waals surface area contributed by atoms with Gasteiger partial charge >= 0.3 is 5.97 Å². The van der Waals surface area contributed by atoms with Crippen molar-refractivity contribution in [3.63, 3.8) is 0 Å². The van der Waals surface area contributed by atoms with Crippen molar-refractivity contribution >= 4 is 17.6 Å². The second-order valence-electron chi connectivity index (χ2n) is 5.94. The lowest BCUT2D eigenvalue weighted by Crippen LogP contribution is -2.14. The van der Waals surface area contributed by atoms with Crippen LogP contribution in [0.15, 0.2) is 48.5 Å². The molecule has 6 heteroatoms. The van der Waals surface area contributed by atoms with Crippen LogP contribution in [0, 0.1) is 0 Å². The Morgan fingerprint density at radius 2 is 1.44 bits per heavy atom. The molecule has 0 bridgehead atoms. The van der Waals surface area contributed by atoms with E-state index in [0.717, 1.165) is 17.7 Å². The van der Waals surface area contributed by atoms with E-state index in [1.165, 1.54) is 6.92 Å². The molecule has 144 valence electrons. The second kappa shape index (κ2) is 10.9. The van der Waals surface area contributed by atoms with Gasteiger partial charge in [0.25, 0.3) is 0 Å². The van der Waals surface area contributed by atoms with Crippen molar-refractivity contribution in [1.29, 1.82) is 0 Å². The van der Waals surface area contributed by atoms with Crippen LogP contribution in [-0.4, -0.2) is 31.7 Å². The average Bonchev–Trinajstić information content (AvgIpc) is 2.66. The molecule has 0 aliphatic heterocycles. The Morgan fingerprint density at radius 3 is 2.00 bits per heavy atom. The molecule has 0 aliphatic rings. The van der Waals surface area contributed by atoms with Crippen molar-refractivity contribution in [3.05, 3.63) is 54.1 Å². The van der Waals surface area contributed by atoms with Crippen molar-refractivity contribution in [1.82, 2.24) is 0 Å². The molecule has 0 heterocycles. The third-order valence-electron chi connectivity index (χ3n) is 3.53. The van der Waals surface area contributed by atoms with E-state index in [-0.39, 0.29) is 31.5 Å². The zero-order valence-electron chi connectivity index (χ0n) is 15.7. The van der Waals surface area contributed by atoms with Gasteiger partial charge in [0.05, 0.1) is 13.0 Å². The molecule has 6 nitrogen and oxygen atoms in total. The normalized spacial score (nSPS) is 10.1. The van der Waals surface area contributed by atoms with Crippen molar-refractivity contribution in [2.45, 2.75) is 26.7 Å². The summed E-state index contributed by atoms with van der Waals surface area (Å²) in [5, 5.41) is 2.68. The molecule has 0 aliphatic carbocycles. The molecule has 0 fully saturated rings. The average molecular weight is 371 g/mol. The summed E-state index contributed by atoms with van der Waals surface area (Å²) < 4.78 is 16.2. The fourth-order valence-electron chi connectivity index (χ4n) is 2.29. The lowest BCUT2D eigenvalue weighted by atomic mass is 10.1. The van der Waals surface area contributed by atoms with Crippen LogP contribution in [0.5, 0.6) is 11.5 Å². The number of nitrogens with one attached hydrogen (secondary N) is 1. The predicted molar refractivity (Wildman–Crippen MR) is 103 cm³/mol. The maximum atomic E-state index is 11.9. The van der Waals surface area contributed by atoms with Crippen LogP contribution in [-0.2, 0) is 20.7 Å². The molecule has 2 aromatic carbocycles. The summed E-state index contributed by atoms with van der Waals surface area (Å²) >= 11 is 0. The van der Waals surface area contributed by atoms with Gasteiger partial charge in [0, 0.05) is 12.6 Å². The summed E-state index contributed by atoms with van der Waals surface area (Å²) in [5.41, 5.74) is 1.51. The zero-order valence-corrected chi connectivity index (χ0v) is 15.7. The number of benzene rings is 2. The van der Waals surface area contributed by atoms with E-state index in [1.807, 2.05) is 24.3 Å². The number of esters is 1. The smallest absolute Gasteiger partial charge is 0.310 e. The molecular weight excluding hydrogens is 346 g/mol. The topological polar surface area (TPSA) is 73.9 Å². The highest BCUT2D eigenvalue weighted by molar-refractivity contribution is 5.88. The first-order chi connectivity index (χ1) is 13.1. The van der Waals surface area contributed by atoms with Gasteiger partial charge in [-0.05, 0) is 48.4 Å². The van der Waals surface area contributed by atoms with Gasteiger partial charge in [-0.2, -0.15) is 0 Å². The molecule has 0 spiro atoms. The fraction of sp³-hybridized carbons (Fsp3) is 0.333. The number of carbonyl (C=O) groups excluding carboxylic acids is 2. The molecule has 0 unspecified atom stereocenters. The first kappa shape index (κ1) is 20.3. The SMILES string of the molecule is CCCOc1ccc(OCCOC(=O)Cc2ccc(NC(C)=O)cc2)cc1. The van der Waals surface area contributed by atoms with Crippen LogP contribution >= 0.6 is 0 Å². The van der Waals surface area contributed by atoms with E-state index in [9.17, 15) is 9.59 Å². The Labute approximate surface area is 159 Å². The van der Waals surface area contributed by atoms with E-state index in [2.05, 4.69) is 12.2 Å². The Morgan fingerprint density at radius 1 is 0.852 bits per heavy atom. The molecule has 0 saturated carbocycles. The summed E-state index contributed by atoms with van der Waals surface area (Å²) in [7, 11) is 0. The highest BCUT2D eigenvalue weighted by Gasteiger charge is 2.06. The van der Waals surface area contributed by atoms with Crippen LogP contribution in [0.2, 0.25) is 0 Å². The molecule has 0 aromatic heterocycles. The minimum Gasteiger partial charge on any atom is -0.494 e. The van der Waals surface area contributed by atoms with E-state index in [0.29, 0.717) is 18.0 Å². The molecule has 1 amide bonds. The number of hydrogen-bond acceptors (Lipinski definition) is 5. The number of hydrogen-bond donors (Lipinski definition) is 1. The second-order valence-corrected chi connectivity index (χ2v) is 5.94. The Bertz CT molecular complexity index is 725. The van der Waals surface area contributed by atoms with Gasteiger partial charge in [-0.1, -0.05) is 19.1 Å². The lowest BCUT2D eigenvalue weighted by molar-refractivity contribution is -0.143. The molecule has 0 atom stereocenters. The lowest BCUT2D eigenvalue weighted by Gasteiger charge is -2.09. The molecule has 27 heavy (non-hydrogen) atoms. The molecule has 1 N–H and O–H groups in total. The maximum Gasteiger partial charge on any atom is 0.310 e. The Kier molecular flexibility index (Phi) is 8.16. The van der Waals surface area contributed by atoms with Gasteiger partial charge < -0.3 is 19.5 Å². The number of ether oxygens (including phenoxy) is 3. The third kappa shape index (κ3) is 7.81. The number of amides is 1. The summed E-state index contributed by atoms with van der Waals surface area (Å²) in [6, 6.07) is 14.4. The van der Waals surface area contributed by atoms with Gasteiger partial charge in [0.15, 0.2) is 0 Å². The molecule has 0 radical (unpaired) electrons. The van der Waals surface area contributed by atoms with Gasteiger partial charge in [-0.3, -0.25) is 9.59 Å². The Balaban J connectivity index is 1.66. The standard InChI is InChI=1S/C21H25NO5/c1-3-12-25-19-8-10-20(11-9-19)26-13-14-27-21(24)15-17-4-6-18(7-5-17)22-16(2)23/h4-11H,3,12-15H2,1-2H3,(H,22,23). The van der Waals surface area contributed by atoms with Crippen LogP contribution < -0.4 is 14.8 Å². The predicted octanol–water partition coefficient (Wildman–Crippen LogP) is 3.60. The molecular formula is C21H25NO5. The van der Waals surface area contributed by atoms with Crippen molar-refractivity contribution in [2.24, 2.45) is 0 Å². The monoisotopic (exact) mass is 371 g/mol. The quantitative estimate of drug-likeness (QED) is 0.510. The van der Waals surface area contributed by atoms with Gasteiger partial charge in [0.1, 0.15) is 24.7 Å². The first-order valence-corrected chi connectivity index (χ1v) is 8.94. The van der Waals surface area contributed by atoms with Crippen LogP contribution in [0.1, 0.15) is 25.8 Å². The van der Waals surface area contributed by atoms with Crippen molar-refractivity contribution in [3.8, 4) is 11.5 Å². The van der Waals surface area contributed by atoms with E-state index < -0.39 is 0 Å². The van der Waals surface area contributed by atoms with Crippen LogP contribution in [0.3, 0.4) is 0 Å². The van der Waals surface area contributed by atoms with Crippen LogP contribution in [0.25, 0.3) is 0 Å². The highest BCUT2D eigenvalue weighted by Crippen LogP contribution is 2.17. The summed E-state index contributed by atoms with van der Waals surface area (Å²) in [4.78, 5) is 22.8. The van der Waals surface area contributed by atoms with Gasteiger partial charge in [-0.25, -0.2) is 0 Å². The van der Waals surface area contributed by atoms with E-state index in [4.69, 9.17) is 14.2 Å². The van der Waals surface area contributed by atoms with Crippen molar-refractivity contribution in [2.75, 3.05) is 25.1 Å². The summed E-state index contributed by atoms with van der Waals surface area (Å²) in [5.74, 6) is 1.04. The summed E-state index contributed by atoms with van der Waals surface area (Å²) in [6.45, 7) is 4.65. The molecule has 2 aromatic rings.